The summed E-state index contributed by atoms with van der Waals surface area (Å²) in [6.07, 6.45) is 1.54. The van der Waals surface area contributed by atoms with Gasteiger partial charge in [-0.15, -0.1) is 0 Å². The van der Waals surface area contributed by atoms with Crippen molar-refractivity contribution in [2.75, 3.05) is 0 Å². The highest BCUT2D eigenvalue weighted by atomic mass is 127. The van der Waals surface area contributed by atoms with E-state index in [2.05, 4.69) is 33.0 Å². The molecule has 1 heterocycles. The van der Waals surface area contributed by atoms with E-state index in [1.807, 2.05) is 32.9 Å². The molecule has 120 valence electrons. The smallest absolute Gasteiger partial charge is 0.267 e. The summed E-state index contributed by atoms with van der Waals surface area (Å²) in [7, 11) is 0. The molecule has 0 bridgehead atoms. The molecule has 0 aliphatic heterocycles. The minimum atomic E-state index is -0.583. The van der Waals surface area contributed by atoms with Crippen molar-refractivity contribution in [1.82, 2.24) is 15.4 Å². The van der Waals surface area contributed by atoms with Crippen LogP contribution in [0.25, 0.3) is 0 Å². The number of aromatic nitrogens is 1. The molecule has 0 aliphatic carbocycles. The Morgan fingerprint density at radius 3 is 2.30 bits per heavy atom. The number of carbonyl (C=O) groups excluding carboxylic acids is 2. The number of hydrogen-bond donors (Lipinski definition) is 1. The zero-order valence-corrected chi connectivity index (χ0v) is 15.4. The average Bonchev–Trinajstić information content (AvgIpc) is 2.52. The highest BCUT2D eigenvalue weighted by Crippen LogP contribution is 2.19. The third-order valence-electron chi connectivity index (χ3n) is 3.09. The summed E-state index contributed by atoms with van der Waals surface area (Å²) in [6, 6.07) is 12.3. The van der Waals surface area contributed by atoms with Gasteiger partial charge in [-0.05, 0) is 67.6 Å². The third-order valence-corrected chi connectivity index (χ3v) is 4.03. The lowest BCUT2D eigenvalue weighted by atomic mass is 10.1. The van der Waals surface area contributed by atoms with Gasteiger partial charge in [0.2, 0.25) is 0 Å². The number of amides is 2. The maximum atomic E-state index is 12.9. The molecule has 0 saturated heterocycles. The van der Waals surface area contributed by atoms with Gasteiger partial charge in [-0.1, -0.05) is 18.2 Å². The van der Waals surface area contributed by atoms with Crippen molar-refractivity contribution in [2.24, 2.45) is 0 Å². The molecule has 0 spiro atoms. The zero-order chi connectivity index (χ0) is 17.0. The van der Waals surface area contributed by atoms with Crippen LogP contribution in [0.15, 0.2) is 48.7 Å². The molecule has 2 aromatic rings. The molecular formula is C17H18IN3O2. The average molecular weight is 423 g/mol. The predicted molar refractivity (Wildman–Crippen MR) is 96.8 cm³/mol. The normalized spacial score (nSPS) is 11.0. The molecule has 23 heavy (non-hydrogen) atoms. The van der Waals surface area contributed by atoms with Crippen LogP contribution < -0.4 is 5.43 Å². The maximum Gasteiger partial charge on any atom is 0.288 e. The monoisotopic (exact) mass is 423 g/mol. The van der Waals surface area contributed by atoms with Gasteiger partial charge in [-0.2, -0.15) is 0 Å². The minimum Gasteiger partial charge on any atom is -0.267 e. The quantitative estimate of drug-likeness (QED) is 0.596. The molecule has 0 unspecified atom stereocenters. The van der Waals surface area contributed by atoms with Crippen LogP contribution in [0, 0.1) is 3.57 Å². The largest absolute Gasteiger partial charge is 0.288 e. The Morgan fingerprint density at radius 1 is 1.09 bits per heavy atom. The van der Waals surface area contributed by atoms with Gasteiger partial charge in [0.15, 0.2) is 0 Å². The number of halogens is 1. The Labute approximate surface area is 149 Å². The molecule has 6 heteroatoms. The van der Waals surface area contributed by atoms with Gasteiger partial charge in [0.1, 0.15) is 5.69 Å². The van der Waals surface area contributed by atoms with E-state index in [4.69, 9.17) is 0 Å². The standard InChI is InChI=1S/C17H18IN3O2/c1-17(2,3)21(16(23)12-8-4-5-9-13(12)18)20-15(22)14-10-6-7-11-19-14/h4-11H,1-3H3,(H,20,22). The molecule has 5 nitrogen and oxygen atoms in total. The Balaban J connectivity index is 2.30. The molecule has 1 N–H and O–H groups in total. The van der Waals surface area contributed by atoms with Crippen molar-refractivity contribution in [2.45, 2.75) is 26.3 Å². The van der Waals surface area contributed by atoms with Gasteiger partial charge in [-0.3, -0.25) is 20.0 Å². The van der Waals surface area contributed by atoms with Gasteiger partial charge in [0.05, 0.1) is 11.1 Å². The molecule has 0 radical (unpaired) electrons. The highest BCUT2D eigenvalue weighted by Gasteiger charge is 2.30. The minimum absolute atomic E-state index is 0.258. The molecule has 1 aromatic heterocycles. The summed E-state index contributed by atoms with van der Waals surface area (Å²) in [4.78, 5) is 29.2. The number of nitrogens with zero attached hydrogens (tertiary/aromatic N) is 2. The molecule has 0 atom stereocenters. The van der Waals surface area contributed by atoms with E-state index in [-0.39, 0.29) is 11.6 Å². The topological polar surface area (TPSA) is 62.3 Å². The van der Waals surface area contributed by atoms with Crippen LogP contribution in [0.4, 0.5) is 0 Å². The molecule has 0 aliphatic rings. The van der Waals surface area contributed by atoms with Gasteiger partial charge in [-0.25, -0.2) is 5.01 Å². The van der Waals surface area contributed by atoms with E-state index in [0.717, 1.165) is 3.57 Å². The number of hydrazine groups is 1. The molecule has 2 rings (SSSR count). The fraction of sp³-hybridized carbons (Fsp3) is 0.235. The van der Waals surface area contributed by atoms with Gasteiger partial charge in [0.25, 0.3) is 11.8 Å². The van der Waals surface area contributed by atoms with Crippen LogP contribution in [-0.2, 0) is 0 Å². The van der Waals surface area contributed by atoms with Gasteiger partial charge >= 0.3 is 0 Å². The summed E-state index contributed by atoms with van der Waals surface area (Å²) in [5.41, 5.74) is 2.90. The van der Waals surface area contributed by atoms with Gasteiger partial charge < -0.3 is 0 Å². The Hall–Kier alpha value is -1.96. The van der Waals surface area contributed by atoms with Gasteiger partial charge in [0, 0.05) is 9.77 Å². The maximum absolute atomic E-state index is 12.9. The van der Waals surface area contributed by atoms with Crippen LogP contribution in [0.2, 0.25) is 0 Å². The lowest BCUT2D eigenvalue weighted by Crippen LogP contribution is -2.56. The van der Waals surface area contributed by atoms with Crippen molar-refractivity contribution in [3.05, 3.63) is 63.5 Å². The van der Waals surface area contributed by atoms with Crippen LogP contribution in [0.5, 0.6) is 0 Å². The van der Waals surface area contributed by atoms with Crippen molar-refractivity contribution < 1.29 is 9.59 Å². The third kappa shape index (κ3) is 4.28. The van der Waals surface area contributed by atoms with Crippen molar-refractivity contribution in [1.29, 1.82) is 0 Å². The number of carbonyl (C=O) groups is 2. The summed E-state index contributed by atoms with van der Waals surface area (Å²) in [5.74, 6) is -0.674. The second kappa shape index (κ2) is 7.08. The van der Waals surface area contributed by atoms with Crippen molar-refractivity contribution in [3.8, 4) is 0 Å². The van der Waals surface area contributed by atoms with E-state index < -0.39 is 11.4 Å². The second-order valence-electron chi connectivity index (χ2n) is 5.95. The van der Waals surface area contributed by atoms with Crippen molar-refractivity contribution >= 4 is 34.4 Å². The lowest BCUT2D eigenvalue weighted by molar-refractivity contribution is 0.0356. The fourth-order valence-electron chi connectivity index (χ4n) is 1.93. The highest BCUT2D eigenvalue weighted by molar-refractivity contribution is 14.1. The van der Waals surface area contributed by atoms with E-state index in [9.17, 15) is 9.59 Å². The number of rotatable bonds is 2. The first kappa shape index (κ1) is 17.4. The lowest BCUT2D eigenvalue weighted by Gasteiger charge is -2.35. The molecular weight excluding hydrogens is 405 g/mol. The fourth-order valence-corrected chi connectivity index (χ4v) is 2.55. The number of hydrogen-bond acceptors (Lipinski definition) is 3. The number of benzene rings is 1. The molecule has 1 aromatic carbocycles. The van der Waals surface area contributed by atoms with Crippen molar-refractivity contribution in [3.63, 3.8) is 0 Å². The summed E-state index contributed by atoms with van der Waals surface area (Å²) >= 11 is 2.11. The molecule has 0 saturated carbocycles. The number of pyridine rings is 1. The first-order valence-electron chi connectivity index (χ1n) is 7.12. The SMILES string of the molecule is CC(C)(C)N(NC(=O)c1ccccn1)C(=O)c1ccccc1I. The summed E-state index contributed by atoms with van der Waals surface area (Å²) < 4.78 is 0.830. The first-order chi connectivity index (χ1) is 10.8. The molecule has 0 fully saturated rings. The first-order valence-corrected chi connectivity index (χ1v) is 8.19. The Kier molecular flexibility index (Phi) is 5.35. The number of nitrogens with one attached hydrogen (secondary N) is 1. The Bertz CT molecular complexity index is 711. The van der Waals surface area contributed by atoms with E-state index in [1.165, 1.54) is 11.2 Å². The second-order valence-corrected chi connectivity index (χ2v) is 7.11. The van der Waals surface area contributed by atoms with E-state index >= 15 is 0 Å². The summed E-state index contributed by atoms with van der Waals surface area (Å²) in [6.45, 7) is 5.58. The van der Waals surface area contributed by atoms with Crippen LogP contribution in [-0.4, -0.2) is 27.3 Å². The zero-order valence-electron chi connectivity index (χ0n) is 13.2. The molecule has 2 amide bonds. The van der Waals surface area contributed by atoms with E-state index in [0.29, 0.717) is 5.56 Å². The Morgan fingerprint density at radius 2 is 1.74 bits per heavy atom. The predicted octanol–water partition coefficient (Wildman–Crippen LogP) is 3.27. The van der Waals surface area contributed by atoms with Crippen LogP contribution in [0.3, 0.4) is 0 Å². The summed E-state index contributed by atoms with van der Waals surface area (Å²) in [5, 5.41) is 1.35. The van der Waals surface area contributed by atoms with E-state index in [1.54, 1.807) is 30.3 Å². The van der Waals surface area contributed by atoms with Crippen LogP contribution >= 0.6 is 22.6 Å². The van der Waals surface area contributed by atoms with Crippen LogP contribution in [0.1, 0.15) is 41.6 Å².